The number of benzene rings is 1. The fourth-order valence-corrected chi connectivity index (χ4v) is 4.97. The maximum atomic E-state index is 13.4. The number of anilines is 2. The molecule has 4 heterocycles. The van der Waals surface area contributed by atoms with Gasteiger partial charge in [-0.2, -0.15) is 13.8 Å². The van der Waals surface area contributed by atoms with E-state index in [1.165, 1.54) is 17.0 Å². The quantitative estimate of drug-likeness (QED) is 0.395. The molecule has 4 aromatic rings. The molecule has 0 aliphatic carbocycles. The van der Waals surface area contributed by atoms with E-state index >= 15 is 0 Å². The van der Waals surface area contributed by atoms with Crippen LogP contribution in [0.1, 0.15) is 40.6 Å². The number of nitrogens with zero attached hydrogens (tertiary/aromatic N) is 4. The van der Waals surface area contributed by atoms with Crippen molar-refractivity contribution >= 4 is 28.1 Å². The molecule has 1 aliphatic heterocycles. The number of rotatable bonds is 6. The number of para-hydroxylation sites is 1. The summed E-state index contributed by atoms with van der Waals surface area (Å²) in [6, 6.07) is 16.1. The van der Waals surface area contributed by atoms with Gasteiger partial charge in [-0.3, -0.25) is 10.1 Å². The summed E-state index contributed by atoms with van der Waals surface area (Å²) in [4.78, 5) is 23.0. The minimum atomic E-state index is -0.894. The van der Waals surface area contributed by atoms with Crippen molar-refractivity contribution in [2.45, 2.75) is 25.4 Å². The molecule has 0 saturated carbocycles. The lowest BCUT2D eigenvalue weighted by atomic mass is 10.1. The second-order valence-electron chi connectivity index (χ2n) is 7.86. The SMILES string of the molecule is O=C(Nc1nc(C2CCCN2c2ccccc2)cs1)c1cccn1Cc1cc(F)nc(F)c1. The Morgan fingerprint density at radius 1 is 1.09 bits per heavy atom. The van der Waals surface area contributed by atoms with Crippen molar-refractivity contribution in [3.05, 3.63) is 95.0 Å². The molecule has 1 amide bonds. The van der Waals surface area contributed by atoms with Crippen molar-refractivity contribution in [1.82, 2.24) is 14.5 Å². The number of nitrogens with one attached hydrogen (secondary N) is 1. The molecular weight excluding hydrogens is 444 g/mol. The highest BCUT2D eigenvalue weighted by Gasteiger charge is 2.28. The van der Waals surface area contributed by atoms with Gasteiger partial charge in [0, 0.05) is 30.4 Å². The minimum Gasteiger partial charge on any atom is -0.363 e. The number of aromatic nitrogens is 3. The molecule has 1 N–H and O–H groups in total. The van der Waals surface area contributed by atoms with E-state index in [1.807, 2.05) is 23.6 Å². The maximum absolute atomic E-state index is 13.4. The van der Waals surface area contributed by atoms with Gasteiger partial charge in [0.15, 0.2) is 5.13 Å². The van der Waals surface area contributed by atoms with E-state index in [0.29, 0.717) is 16.4 Å². The molecule has 5 rings (SSSR count). The van der Waals surface area contributed by atoms with Crippen LogP contribution in [0.3, 0.4) is 0 Å². The second kappa shape index (κ2) is 9.11. The normalized spacial score (nSPS) is 15.7. The predicted octanol–water partition coefficient (Wildman–Crippen LogP) is 5.26. The molecule has 3 aromatic heterocycles. The lowest BCUT2D eigenvalue weighted by Crippen LogP contribution is -2.22. The molecule has 168 valence electrons. The number of hydrogen-bond acceptors (Lipinski definition) is 5. The lowest BCUT2D eigenvalue weighted by Gasteiger charge is -2.25. The highest BCUT2D eigenvalue weighted by atomic mass is 32.1. The van der Waals surface area contributed by atoms with Crippen molar-refractivity contribution in [2.75, 3.05) is 16.8 Å². The van der Waals surface area contributed by atoms with Crippen LogP contribution in [0.2, 0.25) is 0 Å². The summed E-state index contributed by atoms with van der Waals surface area (Å²) in [5, 5.41) is 5.37. The Hall–Kier alpha value is -3.59. The zero-order chi connectivity index (χ0) is 22.8. The monoisotopic (exact) mass is 465 g/mol. The fraction of sp³-hybridized carbons (Fsp3) is 0.208. The third-order valence-corrected chi connectivity index (χ3v) is 6.44. The fourth-order valence-electron chi connectivity index (χ4n) is 4.22. The number of carbonyl (C=O) groups is 1. The Kier molecular flexibility index (Phi) is 5.87. The van der Waals surface area contributed by atoms with Gasteiger partial charge in [0.2, 0.25) is 11.9 Å². The molecule has 6 nitrogen and oxygen atoms in total. The average Bonchev–Trinajstić information content (AvgIpc) is 3.54. The van der Waals surface area contributed by atoms with E-state index in [2.05, 4.69) is 32.3 Å². The zero-order valence-electron chi connectivity index (χ0n) is 17.6. The summed E-state index contributed by atoms with van der Waals surface area (Å²) in [6.45, 7) is 1.11. The van der Waals surface area contributed by atoms with Crippen molar-refractivity contribution in [3.8, 4) is 0 Å². The summed E-state index contributed by atoms with van der Waals surface area (Å²) in [5.41, 5.74) is 2.86. The molecule has 1 saturated heterocycles. The van der Waals surface area contributed by atoms with Gasteiger partial charge in [0.25, 0.3) is 5.91 Å². The number of pyridine rings is 1. The number of hydrogen-bond donors (Lipinski definition) is 1. The van der Waals surface area contributed by atoms with Crippen molar-refractivity contribution in [3.63, 3.8) is 0 Å². The first-order chi connectivity index (χ1) is 16.1. The zero-order valence-corrected chi connectivity index (χ0v) is 18.4. The molecule has 1 fully saturated rings. The molecule has 0 spiro atoms. The smallest absolute Gasteiger partial charge is 0.274 e. The number of thiazole rings is 1. The number of amides is 1. The Bertz CT molecular complexity index is 1250. The van der Waals surface area contributed by atoms with Gasteiger partial charge in [-0.15, -0.1) is 11.3 Å². The number of halogens is 2. The summed E-state index contributed by atoms with van der Waals surface area (Å²) in [5.74, 6) is -2.12. The van der Waals surface area contributed by atoms with Crippen molar-refractivity contribution in [2.24, 2.45) is 0 Å². The van der Waals surface area contributed by atoms with Crippen LogP contribution in [-0.2, 0) is 6.54 Å². The minimum absolute atomic E-state index is 0.142. The molecule has 0 radical (unpaired) electrons. The van der Waals surface area contributed by atoms with E-state index in [-0.39, 0.29) is 18.5 Å². The topological polar surface area (TPSA) is 63.1 Å². The standard InChI is InChI=1S/C24H21F2N5OS/c25-21-12-16(13-22(26)28-21)14-30-10-4-9-20(30)23(32)29-24-27-18(15-33-24)19-8-5-11-31(19)17-6-2-1-3-7-17/h1-4,6-7,9-10,12-13,15,19H,5,8,11,14H2,(H,27,29,32). The van der Waals surface area contributed by atoms with Gasteiger partial charge in [-0.1, -0.05) is 18.2 Å². The first-order valence-electron chi connectivity index (χ1n) is 10.6. The van der Waals surface area contributed by atoms with Gasteiger partial charge < -0.3 is 9.47 Å². The van der Waals surface area contributed by atoms with Gasteiger partial charge in [-0.05, 0) is 54.8 Å². The Labute approximate surface area is 193 Å². The van der Waals surface area contributed by atoms with Gasteiger partial charge >= 0.3 is 0 Å². The van der Waals surface area contributed by atoms with E-state index in [0.717, 1.165) is 37.2 Å². The summed E-state index contributed by atoms with van der Waals surface area (Å²) >= 11 is 1.39. The third-order valence-electron chi connectivity index (χ3n) is 5.66. The molecule has 33 heavy (non-hydrogen) atoms. The Morgan fingerprint density at radius 3 is 2.67 bits per heavy atom. The first-order valence-corrected chi connectivity index (χ1v) is 11.5. The maximum Gasteiger partial charge on any atom is 0.274 e. The van der Waals surface area contributed by atoms with Crippen LogP contribution < -0.4 is 10.2 Å². The molecule has 1 unspecified atom stereocenters. The average molecular weight is 466 g/mol. The Balaban J connectivity index is 1.30. The van der Waals surface area contributed by atoms with Crippen LogP contribution in [0.5, 0.6) is 0 Å². The molecular formula is C24H21F2N5OS. The predicted molar refractivity (Wildman–Crippen MR) is 124 cm³/mol. The largest absolute Gasteiger partial charge is 0.363 e. The second-order valence-corrected chi connectivity index (χ2v) is 8.72. The van der Waals surface area contributed by atoms with Crippen molar-refractivity contribution in [1.29, 1.82) is 0 Å². The summed E-state index contributed by atoms with van der Waals surface area (Å²) < 4.78 is 28.5. The van der Waals surface area contributed by atoms with Gasteiger partial charge in [-0.25, -0.2) is 4.98 Å². The van der Waals surface area contributed by atoms with Gasteiger partial charge in [0.05, 0.1) is 11.7 Å². The van der Waals surface area contributed by atoms with Gasteiger partial charge in [0.1, 0.15) is 5.69 Å². The molecule has 1 aliphatic rings. The Morgan fingerprint density at radius 2 is 1.88 bits per heavy atom. The van der Waals surface area contributed by atoms with E-state index in [9.17, 15) is 13.6 Å². The van der Waals surface area contributed by atoms with E-state index < -0.39 is 11.9 Å². The first kappa shape index (κ1) is 21.3. The highest BCUT2D eigenvalue weighted by Crippen LogP contribution is 2.37. The number of carbonyl (C=O) groups excluding carboxylic acids is 1. The summed E-state index contributed by atoms with van der Waals surface area (Å²) in [7, 11) is 0. The van der Waals surface area contributed by atoms with Crippen LogP contribution in [0.25, 0.3) is 0 Å². The molecule has 1 atom stereocenters. The van der Waals surface area contributed by atoms with E-state index in [4.69, 9.17) is 0 Å². The van der Waals surface area contributed by atoms with Crippen LogP contribution in [0.4, 0.5) is 19.6 Å². The lowest BCUT2D eigenvalue weighted by molar-refractivity contribution is 0.101. The molecule has 1 aromatic carbocycles. The van der Waals surface area contributed by atoms with Crippen LogP contribution in [-0.4, -0.2) is 27.0 Å². The van der Waals surface area contributed by atoms with Crippen LogP contribution >= 0.6 is 11.3 Å². The van der Waals surface area contributed by atoms with Crippen LogP contribution in [0, 0.1) is 11.9 Å². The van der Waals surface area contributed by atoms with Crippen LogP contribution in [0.15, 0.2) is 66.2 Å². The van der Waals surface area contributed by atoms with E-state index in [1.54, 1.807) is 22.9 Å². The highest BCUT2D eigenvalue weighted by molar-refractivity contribution is 7.14. The molecule has 0 bridgehead atoms. The third kappa shape index (κ3) is 4.63. The molecule has 9 heteroatoms. The van der Waals surface area contributed by atoms with Crippen molar-refractivity contribution < 1.29 is 13.6 Å². The summed E-state index contributed by atoms with van der Waals surface area (Å²) in [6.07, 6.45) is 3.78.